The number of thiazole rings is 1. The largest absolute Gasteiger partial charge is 0.349 e. The molecule has 7 nitrogen and oxygen atoms in total. The van der Waals surface area contributed by atoms with E-state index in [1.165, 1.54) is 6.07 Å². The molecule has 2 aromatic carbocycles. The number of benzene rings is 2. The van der Waals surface area contributed by atoms with Gasteiger partial charge in [0.15, 0.2) is 0 Å². The molecular weight excluding hydrogens is 388 g/mol. The summed E-state index contributed by atoms with van der Waals surface area (Å²) in [5.41, 5.74) is 0.866. The van der Waals surface area contributed by atoms with Crippen LogP contribution < -0.4 is 16.6 Å². The van der Waals surface area contributed by atoms with Gasteiger partial charge in [0, 0.05) is 24.6 Å². The Hall–Kier alpha value is -3.26. The van der Waals surface area contributed by atoms with E-state index in [0.717, 1.165) is 19.8 Å². The molecule has 2 aromatic heterocycles. The van der Waals surface area contributed by atoms with Crippen LogP contribution in [0, 0.1) is 0 Å². The number of aromatic amines is 1. The third-order valence-corrected chi connectivity index (χ3v) is 5.82. The molecule has 0 saturated carbocycles. The SMILES string of the molecule is CCn1c(=O)[nH]c2cc(C(=O)NC(C)Cc3nc4ccccc4s3)ccc2c1=O. The molecule has 1 amide bonds. The minimum Gasteiger partial charge on any atom is -0.349 e. The minimum atomic E-state index is -0.480. The second kappa shape index (κ2) is 7.63. The molecule has 0 radical (unpaired) electrons. The van der Waals surface area contributed by atoms with Crippen LogP contribution in [0.4, 0.5) is 0 Å². The van der Waals surface area contributed by atoms with Crippen molar-refractivity contribution in [3.8, 4) is 0 Å². The molecule has 0 aliphatic carbocycles. The Morgan fingerprint density at radius 2 is 2.03 bits per heavy atom. The number of nitrogens with one attached hydrogen (secondary N) is 2. The lowest BCUT2D eigenvalue weighted by atomic mass is 10.1. The summed E-state index contributed by atoms with van der Waals surface area (Å²) < 4.78 is 2.25. The van der Waals surface area contributed by atoms with Crippen molar-refractivity contribution in [1.29, 1.82) is 0 Å². The van der Waals surface area contributed by atoms with Crippen molar-refractivity contribution in [2.45, 2.75) is 32.9 Å². The zero-order valence-electron chi connectivity index (χ0n) is 16.1. The maximum atomic E-state index is 12.7. The number of rotatable bonds is 5. The predicted octanol–water partition coefficient (Wildman–Crippen LogP) is 2.68. The lowest BCUT2D eigenvalue weighted by Crippen LogP contribution is -2.35. The van der Waals surface area contributed by atoms with E-state index in [-0.39, 0.29) is 24.1 Å². The van der Waals surface area contributed by atoms with E-state index in [4.69, 9.17) is 0 Å². The molecule has 1 atom stereocenters. The molecule has 8 heteroatoms. The van der Waals surface area contributed by atoms with Crippen LogP contribution in [-0.4, -0.2) is 26.5 Å². The van der Waals surface area contributed by atoms with Crippen LogP contribution in [0.5, 0.6) is 0 Å². The molecule has 0 aliphatic rings. The Kier molecular flexibility index (Phi) is 5.02. The maximum Gasteiger partial charge on any atom is 0.328 e. The number of H-pyrrole nitrogens is 1. The van der Waals surface area contributed by atoms with Crippen molar-refractivity contribution >= 4 is 38.4 Å². The fourth-order valence-electron chi connectivity index (χ4n) is 3.31. The Morgan fingerprint density at radius 3 is 2.79 bits per heavy atom. The third kappa shape index (κ3) is 3.71. The highest BCUT2D eigenvalue weighted by molar-refractivity contribution is 7.18. The molecule has 0 fully saturated rings. The fraction of sp³-hybridized carbons (Fsp3) is 0.238. The van der Waals surface area contributed by atoms with E-state index in [1.54, 1.807) is 30.4 Å². The third-order valence-electron chi connectivity index (χ3n) is 4.76. The zero-order valence-corrected chi connectivity index (χ0v) is 16.9. The lowest BCUT2D eigenvalue weighted by molar-refractivity contribution is 0.0940. The maximum absolute atomic E-state index is 12.7. The van der Waals surface area contributed by atoms with Crippen LogP contribution in [0.25, 0.3) is 21.1 Å². The second-order valence-corrected chi connectivity index (χ2v) is 8.01. The molecule has 148 valence electrons. The van der Waals surface area contributed by atoms with Gasteiger partial charge in [-0.2, -0.15) is 0 Å². The number of carbonyl (C=O) groups is 1. The fourth-order valence-corrected chi connectivity index (χ4v) is 4.41. The van der Waals surface area contributed by atoms with E-state index >= 15 is 0 Å². The number of fused-ring (bicyclic) bond motifs is 2. The van der Waals surface area contributed by atoms with Crippen molar-refractivity contribution in [3.63, 3.8) is 0 Å². The quantitative estimate of drug-likeness (QED) is 0.531. The summed E-state index contributed by atoms with van der Waals surface area (Å²) in [4.78, 5) is 44.3. The van der Waals surface area contributed by atoms with Gasteiger partial charge in [-0.1, -0.05) is 12.1 Å². The molecule has 29 heavy (non-hydrogen) atoms. The van der Waals surface area contributed by atoms with Crippen LogP contribution in [0.15, 0.2) is 52.1 Å². The van der Waals surface area contributed by atoms with E-state index < -0.39 is 5.69 Å². The summed E-state index contributed by atoms with van der Waals surface area (Å²) in [7, 11) is 0. The van der Waals surface area contributed by atoms with Gasteiger partial charge in [-0.25, -0.2) is 9.78 Å². The topological polar surface area (TPSA) is 96.8 Å². The Morgan fingerprint density at radius 1 is 1.24 bits per heavy atom. The van der Waals surface area contributed by atoms with E-state index in [1.807, 2.05) is 31.2 Å². The monoisotopic (exact) mass is 408 g/mol. The van der Waals surface area contributed by atoms with Gasteiger partial charge in [0.1, 0.15) is 0 Å². The number of carbonyl (C=O) groups excluding carboxylic acids is 1. The molecule has 1 unspecified atom stereocenters. The average molecular weight is 408 g/mol. The zero-order chi connectivity index (χ0) is 20.5. The predicted molar refractivity (Wildman–Crippen MR) is 115 cm³/mol. The molecular formula is C21H20N4O3S. The molecule has 0 spiro atoms. The lowest BCUT2D eigenvalue weighted by Gasteiger charge is -2.13. The van der Waals surface area contributed by atoms with Gasteiger partial charge in [-0.3, -0.25) is 14.2 Å². The van der Waals surface area contributed by atoms with Gasteiger partial charge in [0.05, 0.1) is 26.1 Å². The van der Waals surface area contributed by atoms with Crippen LogP contribution in [-0.2, 0) is 13.0 Å². The Labute approximate surface area is 170 Å². The first-order chi connectivity index (χ1) is 14.0. The summed E-state index contributed by atoms with van der Waals surface area (Å²) in [5.74, 6) is -0.263. The first-order valence-electron chi connectivity index (χ1n) is 9.38. The van der Waals surface area contributed by atoms with Crippen molar-refractivity contribution in [2.24, 2.45) is 0 Å². The van der Waals surface area contributed by atoms with Crippen molar-refractivity contribution in [1.82, 2.24) is 19.9 Å². The van der Waals surface area contributed by atoms with E-state index in [2.05, 4.69) is 15.3 Å². The van der Waals surface area contributed by atoms with Crippen LogP contribution in [0.1, 0.15) is 29.2 Å². The Bertz CT molecular complexity index is 1300. The van der Waals surface area contributed by atoms with E-state index in [0.29, 0.717) is 22.9 Å². The second-order valence-electron chi connectivity index (χ2n) is 6.89. The van der Waals surface area contributed by atoms with Crippen LogP contribution >= 0.6 is 11.3 Å². The van der Waals surface area contributed by atoms with Gasteiger partial charge in [0.25, 0.3) is 11.5 Å². The molecule has 0 saturated heterocycles. The summed E-state index contributed by atoms with van der Waals surface area (Å²) >= 11 is 1.62. The van der Waals surface area contributed by atoms with Crippen molar-refractivity contribution < 1.29 is 4.79 Å². The van der Waals surface area contributed by atoms with E-state index in [9.17, 15) is 14.4 Å². The highest BCUT2D eigenvalue weighted by Gasteiger charge is 2.14. The summed E-state index contributed by atoms with van der Waals surface area (Å²) in [6.07, 6.45) is 0.622. The van der Waals surface area contributed by atoms with Gasteiger partial charge in [0.2, 0.25) is 0 Å². The van der Waals surface area contributed by atoms with Crippen molar-refractivity contribution in [3.05, 3.63) is 73.9 Å². The first kappa shape index (κ1) is 19.1. The number of hydrogen-bond acceptors (Lipinski definition) is 5. The smallest absolute Gasteiger partial charge is 0.328 e. The van der Waals surface area contributed by atoms with Gasteiger partial charge >= 0.3 is 5.69 Å². The molecule has 0 bridgehead atoms. The molecule has 4 rings (SSSR count). The van der Waals surface area contributed by atoms with Crippen molar-refractivity contribution in [2.75, 3.05) is 0 Å². The number of hydrogen-bond donors (Lipinski definition) is 2. The number of amides is 1. The number of aromatic nitrogens is 3. The summed E-state index contributed by atoms with van der Waals surface area (Å²) in [5, 5.41) is 4.30. The van der Waals surface area contributed by atoms with Crippen LogP contribution in [0.3, 0.4) is 0 Å². The highest BCUT2D eigenvalue weighted by atomic mass is 32.1. The standard InChI is InChI=1S/C21H20N4O3S/c1-3-25-20(27)14-9-8-13(11-16(14)24-21(25)28)19(26)22-12(2)10-18-23-15-6-4-5-7-17(15)29-18/h4-9,11-12H,3,10H2,1-2H3,(H,22,26)(H,24,28). The van der Waals surface area contributed by atoms with Crippen LogP contribution in [0.2, 0.25) is 0 Å². The molecule has 0 aliphatic heterocycles. The van der Waals surface area contributed by atoms with Gasteiger partial charge in [-0.15, -0.1) is 11.3 Å². The molecule has 2 N–H and O–H groups in total. The first-order valence-corrected chi connectivity index (χ1v) is 10.2. The summed E-state index contributed by atoms with van der Waals surface area (Å²) in [6.45, 7) is 3.94. The van der Waals surface area contributed by atoms with Gasteiger partial charge in [-0.05, 0) is 44.2 Å². The normalized spacial score (nSPS) is 12.3. The number of nitrogens with zero attached hydrogens (tertiary/aromatic N) is 2. The Balaban J connectivity index is 1.53. The summed E-state index contributed by atoms with van der Waals surface area (Å²) in [6, 6.07) is 12.5. The highest BCUT2D eigenvalue weighted by Crippen LogP contribution is 2.22. The average Bonchev–Trinajstić information content (AvgIpc) is 3.09. The number of para-hydroxylation sites is 1. The molecule has 2 heterocycles. The minimum absolute atomic E-state index is 0.120. The molecule has 4 aromatic rings. The van der Waals surface area contributed by atoms with Gasteiger partial charge < -0.3 is 10.3 Å².